The molecule has 0 saturated heterocycles. The number of anilines is 1. The van der Waals surface area contributed by atoms with Crippen LogP contribution in [0, 0.1) is 0 Å². The van der Waals surface area contributed by atoms with Crippen molar-refractivity contribution in [2.45, 2.75) is 6.54 Å². The zero-order valence-electron chi connectivity index (χ0n) is 9.85. The Kier molecular flexibility index (Phi) is 3.89. The summed E-state index contributed by atoms with van der Waals surface area (Å²) >= 11 is 5.79. The Morgan fingerprint density at radius 1 is 1.39 bits per heavy atom. The third-order valence-corrected chi connectivity index (χ3v) is 2.72. The molecule has 5 heteroatoms. The van der Waals surface area contributed by atoms with Crippen LogP contribution >= 0.6 is 11.6 Å². The molecule has 94 valence electrons. The lowest BCUT2D eigenvalue weighted by Crippen LogP contribution is -2.00. The summed E-state index contributed by atoms with van der Waals surface area (Å²) in [5.74, 6) is 0.606. The number of ether oxygens (including phenoxy) is 1. The monoisotopic (exact) mass is 264 g/mol. The highest BCUT2D eigenvalue weighted by molar-refractivity contribution is 6.29. The van der Waals surface area contributed by atoms with Crippen LogP contribution < -0.4 is 10.1 Å². The van der Waals surface area contributed by atoms with Gasteiger partial charge in [-0.1, -0.05) is 23.7 Å². The molecular weight excluding hydrogens is 252 g/mol. The molecule has 2 N–H and O–H groups in total. The number of rotatable bonds is 4. The number of nitrogens with zero attached hydrogens (tertiary/aromatic N) is 1. The van der Waals surface area contributed by atoms with Crippen LogP contribution in [0.1, 0.15) is 5.56 Å². The van der Waals surface area contributed by atoms with E-state index < -0.39 is 0 Å². The van der Waals surface area contributed by atoms with Crippen molar-refractivity contribution < 1.29 is 9.84 Å². The molecule has 1 aromatic carbocycles. The van der Waals surface area contributed by atoms with Crippen LogP contribution in [0.2, 0.25) is 5.15 Å². The summed E-state index contributed by atoms with van der Waals surface area (Å²) in [7, 11) is 1.52. The number of phenolic OH excluding ortho intramolecular Hbond substituents is 1. The molecule has 0 saturated carbocycles. The number of pyridine rings is 1. The Morgan fingerprint density at radius 2 is 2.22 bits per heavy atom. The number of nitrogens with one attached hydrogen (secondary N) is 1. The summed E-state index contributed by atoms with van der Waals surface area (Å²) in [6, 6.07) is 8.90. The van der Waals surface area contributed by atoms with E-state index in [9.17, 15) is 5.11 Å². The number of methoxy groups -OCH3 is 1. The van der Waals surface area contributed by atoms with E-state index in [1.54, 1.807) is 18.3 Å². The van der Waals surface area contributed by atoms with Crippen molar-refractivity contribution in [2.24, 2.45) is 0 Å². The van der Waals surface area contributed by atoms with Gasteiger partial charge in [-0.25, -0.2) is 4.98 Å². The van der Waals surface area contributed by atoms with Gasteiger partial charge in [-0.15, -0.1) is 0 Å². The fourth-order valence-corrected chi connectivity index (χ4v) is 1.76. The van der Waals surface area contributed by atoms with Crippen molar-refractivity contribution in [1.29, 1.82) is 0 Å². The number of hydrogen-bond donors (Lipinski definition) is 2. The molecule has 0 spiro atoms. The normalized spacial score (nSPS) is 10.1. The highest BCUT2D eigenvalue weighted by Gasteiger charge is 2.06. The molecule has 2 aromatic rings. The fourth-order valence-electron chi connectivity index (χ4n) is 1.58. The molecule has 1 heterocycles. The molecule has 0 atom stereocenters. The first-order valence-electron chi connectivity index (χ1n) is 5.41. The van der Waals surface area contributed by atoms with Crippen LogP contribution in [0.25, 0.3) is 0 Å². The average Bonchev–Trinajstić information content (AvgIpc) is 2.38. The number of hydrogen-bond acceptors (Lipinski definition) is 4. The standard InChI is InChI=1S/C13H13ClN2O2/c1-18-11-4-2-3-9(13(11)17)8-16-10-5-6-15-12(14)7-10/h2-7,17H,8H2,1H3,(H,15,16). The van der Waals surface area contributed by atoms with E-state index in [0.29, 0.717) is 17.4 Å². The molecule has 0 aliphatic carbocycles. The van der Waals surface area contributed by atoms with Gasteiger partial charge in [0.25, 0.3) is 0 Å². The Hall–Kier alpha value is -1.94. The van der Waals surface area contributed by atoms with Crippen LogP contribution in [0.3, 0.4) is 0 Å². The maximum atomic E-state index is 9.92. The molecule has 2 rings (SSSR count). The SMILES string of the molecule is COc1cccc(CNc2ccnc(Cl)c2)c1O. The summed E-state index contributed by atoms with van der Waals surface area (Å²) in [6.07, 6.45) is 1.62. The second-order valence-corrected chi connectivity index (χ2v) is 4.08. The number of para-hydroxylation sites is 1. The maximum Gasteiger partial charge on any atom is 0.162 e. The molecule has 4 nitrogen and oxygen atoms in total. The average molecular weight is 265 g/mol. The van der Waals surface area contributed by atoms with E-state index in [-0.39, 0.29) is 5.75 Å². The minimum absolute atomic E-state index is 0.146. The number of halogens is 1. The molecule has 0 aliphatic heterocycles. The number of benzene rings is 1. The molecule has 0 unspecified atom stereocenters. The molecule has 0 fully saturated rings. The van der Waals surface area contributed by atoms with E-state index >= 15 is 0 Å². The van der Waals surface area contributed by atoms with Crippen molar-refractivity contribution in [2.75, 3.05) is 12.4 Å². The molecule has 18 heavy (non-hydrogen) atoms. The number of aromatic nitrogens is 1. The first-order valence-corrected chi connectivity index (χ1v) is 5.79. The molecule has 0 amide bonds. The second-order valence-electron chi connectivity index (χ2n) is 3.69. The van der Waals surface area contributed by atoms with Gasteiger partial charge in [-0.3, -0.25) is 0 Å². The quantitative estimate of drug-likeness (QED) is 0.834. The van der Waals surface area contributed by atoms with Crippen molar-refractivity contribution in [3.8, 4) is 11.5 Å². The van der Waals surface area contributed by atoms with Gasteiger partial charge >= 0.3 is 0 Å². The molecule has 0 aliphatic rings. The van der Waals surface area contributed by atoms with Gasteiger partial charge < -0.3 is 15.2 Å². The summed E-state index contributed by atoms with van der Waals surface area (Å²) in [6.45, 7) is 0.476. The van der Waals surface area contributed by atoms with Crippen molar-refractivity contribution in [1.82, 2.24) is 4.98 Å². The van der Waals surface area contributed by atoms with E-state index in [0.717, 1.165) is 11.3 Å². The Balaban J connectivity index is 2.11. The summed E-state index contributed by atoms with van der Waals surface area (Å²) in [5, 5.41) is 13.5. The Morgan fingerprint density at radius 3 is 2.94 bits per heavy atom. The molecular formula is C13H13ClN2O2. The minimum atomic E-state index is 0.146. The van der Waals surface area contributed by atoms with E-state index in [1.165, 1.54) is 7.11 Å². The van der Waals surface area contributed by atoms with Gasteiger partial charge in [0.1, 0.15) is 5.15 Å². The largest absolute Gasteiger partial charge is 0.504 e. The van der Waals surface area contributed by atoms with Crippen LogP contribution in [-0.4, -0.2) is 17.2 Å². The fraction of sp³-hybridized carbons (Fsp3) is 0.154. The third-order valence-electron chi connectivity index (χ3n) is 2.51. The van der Waals surface area contributed by atoms with Crippen LogP contribution in [0.4, 0.5) is 5.69 Å². The number of aromatic hydroxyl groups is 1. The van der Waals surface area contributed by atoms with Gasteiger partial charge in [0, 0.05) is 24.0 Å². The molecule has 1 aromatic heterocycles. The zero-order chi connectivity index (χ0) is 13.0. The summed E-state index contributed by atoms with van der Waals surface area (Å²) in [4.78, 5) is 3.90. The van der Waals surface area contributed by atoms with Gasteiger partial charge in [-0.2, -0.15) is 0 Å². The van der Waals surface area contributed by atoms with Gasteiger partial charge in [0.05, 0.1) is 7.11 Å². The topological polar surface area (TPSA) is 54.4 Å². The van der Waals surface area contributed by atoms with Crippen molar-refractivity contribution in [3.63, 3.8) is 0 Å². The Bertz CT molecular complexity index is 546. The van der Waals surface area contributed by atoms with Gasteiger partial charge in [0.15, 0.2) is 11.5 Å². The van der Waals surface area contributed by atoms with E-state index in [2.05, 4.69) is 10.3 Å². The predicted molar refractivity (Wildman–Crippen MR) is 71.2 cm³/mol. The van der Waals surface area contributed by atoms with Crippen LogP contribution in [0.5, 0.6) is 11.5 Å². The molecule has 0 radical (unpaired) electrons. The Labute approximate surface area is 110 Å². The summed E-state index contributed by atoms with van der Waals surface area (Å²) in [5.41, 5.74) is 1.60. The van der Waals surface area contributed by atoms with Crippen molar-refractivity contribution in [3.05, 3.63) is 47.2 Å². The minimum Gasteiger partial charge on any atom is -0.504 e. The first-order chi connectivity index (χ1) is 8.70. The lowest BCUT2D eigenvalue weighted by Gasteiger charge is -2.10. The van der Waals surface area contributed by atoms with Crippen LogP contribution in [0.15, 0.2) is 36.5 Å². The van der Waals surface area contributed by atoms with E-state index in [1.807, 2.05) is 18.2 Å². The van der Waals surface area contributed by atoms with Gasteiger partial charge in [0.2, 0.25) is 0 Å². The molecule has 0 bridgehead atoms. The smallest absolute Gasteiger partial charge is 0.162 e. The second kappa shape index (κ2) is 5.60. The number of phenols is 1. The lowest BCUT2D eigenvalue weighted by molar-refractivity contribution is 0.371. The van der Waals surface area contributed by atoms with Gasteiger partial charge in [-0.05, 0) is 18.2 Å². The predicted octanol–water partition coefficient (Wildman–Crippen LogP) is 3.06. The summed E-state index contributed by atoms with van der Waals surface area (Å²) < 4.78 is 5.05. The zero-order valence-corrected chi connectivity index (χ0v) is 10.6. The van der Waals surface area contributed by atoms with Crippen molar-refractivity contribution >= 4 is 17.3 Å². The lowest BCUT2D eigenvalue weighted by atomic mass is 10.2. The highest BCUT2D eigenvalue weighted by Crippen LogP contribution is 2.29. The highest BCUT2D eigenvalue weighted by atomic mass is 35.5. The van der Waals surface area contributed by atoms with E-state index in [4.69, 9.17) is 16.3 Å². The third kappa shape index (κ3) is 2.84. The van der Waals surface area contributed by atoms with Crippen LogP contribution in [-0.2, 0) is 6.54 Å². The first kappa shape index (κ1) is 12.5. The maximum absolute atomic E-state index is 9.92.